The Morgan fingerprint density at radius 2 is 0.847 bits per heavy atom. The van der Waals surface area contributed by atoms with E-state index in [2.05, 4.69) is 115 Å². The Kier molecular flexibility index (Phi) is 38.4. The quantitative estimate of drug-likeness (QED) is 0.0362. The number of epoxide rings is 2. The Balaban J connectivity index is 0.000000989. The summed E-state index contributed by atoms with van der Waals surface area (Å²) < 4.78 is 89.5. The highest BCUT2D eigenvalue weighted by Gasteiger charge is 2.36. The van der Waals surface area contributed by atoms with E-state index in [9.17, 15) is 9.59 Å². The standard InChI is InChI=1S/C17H32O9Si2.C14H30O5Si2.C6H18OSi2.2C3H8O.2C2H4O/c1-27(2,9-5-7-20-11-14-12-22-16(18)24-14)26-28(3,4)10-6-8-21-15-13-23-17(19)25-15;1-20(2,11-5-13-15-7-8-16-13)19-21(3,4)12-6-14-17-9-10-18-14;1-8(2,3)7-9(4,5)6;2*1-3-4-2;2*1-2-3-1/h14-15H,5-13H2,1-4H3;13-14H,5-12H2,1-4H3;1-6H3;2*3H2,1-2H3;2*1-2H2. The minimum Gasteiger partial charge on any atom is -0.456 e. The molecule has 0 aromatic heterocycles. The van der Waals surface area contributed by atoms with E-state index in [1.165, 1.54) is 0 Å². The van der Waals surface area contributed by atoms with Gasteiger partial charge >= 0.3 is 12.3 Å². The monoisotopic (exact) mass is 1140 g/mol. The highest BCUT2D eigenvalue weighted by atomic mass is 28.4. The topological polar surface area (TPSA) is 198 Å². The van der Waals surface area contributed by atoms with Gasteiger partial charge in [-0.1, -0.05) is 0 Å². The minimum atomic E-state index is -1.80. The van der Waals surface area contributed by atoms with Gasteiger partial charge in [0.2, 0.25) is 6.29 Å². The summed E-state index contributed by atoms with van der Waals surface area (Å²) in [6.07, 6.45) is 1.52. The third-order valence-electron chi connectivity index (χ3n) is 9.86. The lowest BCUT2D eigenvalue weighted by molar-refractivity contribution is -0.0769. The van der Waals surface area contributed by atoms with Crippen LogP contribution in [-0.4, -0.2) is 201 Å². The molecule has 6 aliphatic rings. The summed E-state index contributed by atoms with van der Waals surface area (Å²) in [5.74, 6) is 0. The number of methoxy groups -OCH3 is 2. The molecule has 0 aliphatic carbocycles. The maximum atomic E-state index is 10.8. The fraction of sp³-hybridized carbons (Fsp3) is 0.957. The molecule has 2 unspecified atom stereocenters. The number of ether oxygens (including phenoxy) is 14. The molecule has 6 rings (SSSR count). The fourth-order valence-electron chi connectivity index (χ4n) is 7.07. The SMILES string of the molecule is C1CO1.C1CO1.CCOC.CCOC.C[Si](C)(C)O[Si](C)(C)C.C[Si](C)(CCC1OCCO1)O[Si](C)(C)CCC1OCCO1.C[Si](C)(CCCOCC1COC(=O)O1)O[Si](C)(C)CCCOC1COC(=O)O1. The third kappa shape index (κ3) is 47.7. The second-order valence-electron chi connectivity index (χ2n) is 21.9. The van der Waals surface area contributed by atoms with Crippen molar-refractivity contribution in [2.24, 2.45) is 0 Å². The van der Waals surface area contributed by atoms with E-state index >= 15 is 0 Å². The first-order valence-corrected chi connectivity index (χ1v) is 45.4. The molecule has 0 spiro atoms. The van der Waals surface area contributed by atoms with Crippen molar-refractivity contribution in [3.63, 3.8) is 0 Å². The van der Waals surface area contributed by atoms with Crippen molar-refractivity contribution in [2.45, 2.75) is 180 Å². The molecule has 0 saturated carbocycles. The molecule has 19 nitrogen and oxygen atoms in total. The number of cyclic esters (lactones) is 4. The van der Waals surface area contributed by atoms with Crippen molar-refractivity contribution in [1.82, 2.24) is 0 Å². The molecule has 0 bridgehead atoms. The van der Waals surface area contributed by atoms with E-state index in [0.717, 1.165) is 116 Å². The van der Waals surface area contributed by atoms with Crippen LogP contribution in [0.3, 0.4) is 0 Å². The van der Waals surface area contributed by atoms with Gasteiger partial charge in [-0.15, -0.1) is 0 Å². The molecular formula is C47H104O19Si6. The second kappa shape index (κ2) is 38.8. The van der Waals surface area contributed by atoms with E-state index in [1.54, 1.807) is 14.2 Å². The van der Waals surface area contributed by atoms with Crippen LogP contribution >= 0.6 is 0 Å². The van der Waals surface area contributed by atoms with Gasteiger partial charge in [-0.2, -0.15) is 0 Å². The molecular weight excluding hydrogens is 1040 g/mol. The summed E-state index contributed by atoms with van der Waals surface area (Å²) in [6, 6.07) is 4.17. The molecule has 72 heavy (non-hydrogen) atoms. The van der Waals surface area contributed by atoms with E-state index in [4.69, 9.17) is 55.0 Å². The summed E-state index contributed by atoms with van der Waals surface area (Å²) in [6.45, 7) is 46.0. The van der Waals surface area contributed by atoms with Crippen LogP contribution in [0.5, 0.6) is 0 Å². The molecule has 0 aromatic carbocycles. The lowest BCUT2D eigenvalue weighted by Gasteiger charge is -2.34. The zero-order chi connectivity index (χ0) is 54.7. The van der Waals surface area contributed by atoms with Crippen molar-refractivity contribution in [1.29, 1.82) is 0 Å². The van der Waals surface area contributed by atoms with Gasteiger partial charge in [-0.25, -0.2) is 9.59 Å². The first-order valence-electron chi connectivity index (χ1n) is 26.1. The predicted molar refractivity (Wildman–Crippen MR) is 295 cm³/mol. The highest BCUT2D eigenvalue weighted by molar-refractivity contribution is 6.85. The van der Waals surface area contributed by atoms with E-state index in [-0.39, 0.29) is 31.9 Å². The van der Waals surface area contributed by atoms with Crippen LogP contribution in [0.25, 0.3) is 0 Å². The maximum Gasteiger partial charge on any atom is 0.510 e. The largest absolute Gasteiger partial charge is 0.510 e. The molecule has 430 valence electrons. The second-order valence-corrected chi connectivity index (χ2v) is 48.9. The van der Waals surface area contributed by atoms with Gasteiger partial charge in [0.05, 0.1) is 66.1 Å². The molecule has 6 aliphatic heterocycles. The van der Waals surface area contributed by atoms with Crippen molar-refractivity contribution in [3.05, 3.63) is 0 Å². The van der Waals surface area contributed by atoms with Crippen LogP contribution in [-0.2, 0) is 78.7 Å². The van der Waals surface area contributed by atoms with Gasteiger partial charge in [0, 0.05) is 34.0 Å². The summed E-state index contributed by atoms with van der Waals surface area (Å²) >= 11 is 0. The molecule has 0 N–H and O–H groups in total. The summed E-state index contributed by atoms with van der Waals surface area (Å²) in [4.78, 5) is 21.7. The number of carbonyl (C=O) groups is 2. The highest BCUT2D eigenvalue weighted by Crippen LogP contribution is 2.28. The van der Waals surface area contributed by atoms with Gasteiger partial charge in [-0.3, -0.25) is 0 Å². The van der Waals surface area contributed by atoms with Crippen LogP contribution in [0.1, 0.15) is 39.5 Å². The fourth-order valence-corrected chi connectivity index (χ4v) is 31.9. The zero-order valence-electron chi connectivity index (χ0n) is 48.3. The minimum absolute atomic E-state index is 0.00885. The molecule has 25 heteroatoms. The maximum absolute atomic E-state index is 10.8. The lowest BCUT2D eigenvalue weighted by Crippen LogP contribution is -2.45. The zero-order valence-corrected chi connectivity index (χ0v) is 54.3. The normalized spacial score (nSPS) is 19.9. The molecule has 2 atom stereocenters. The Morgan fingerprint density at radius 1 is 0.486 bits per heavy atom. The van der Waals surface area contributed by atoms with Crippen LogP contribution in [0.2, 0.25) is 116 Å². The van der Waals surface area contributed by atoms with E-state index < -0.39 is 68.5 Å². The third-order valence-corrected chi connectivity index (χ3v) is 29.7. The van der Waals surface area contributed by atoms with Crippen molar-refractivity contribution in [2.75, 3.05) is 113 Å². The van der Waals surface area contributed by atoms with Crippen molar-refractivity contribution >= 4 is 62.2 Å². The smallest absolute Gasteiger partial charge is 0.456 e. The number of hydrogen-bond donors (Lipinski definition) is 0. The summed E-state index contributed by atoms with van der Waals surface area (Å²) in [7, 11) is -6.01. The van der Waals surface area contributed by atoms with Crippen LogP contribution < -0.4 is 0 Å². The number of carbonyl (C=O) groups excluding carboxylic acids is 2. The van der Waals surface area contributed by atoms with Gasteiger partial charge in [0.25, 0.3) is 0 Å². The van der Waals surface area contributed by atoms with Gasteiger partial charge in [-0.05, 0) is 155 Å². The van der Waals surface area contributed by atoms with Crippen LogP contribution in [0.4, 0.5) is 9.59 Å². The first kappa shape index (κ1) is 71.3. The van der Waals surface area contributed by atoms with Gasteiger partial charge in [0.15, 0.2) is 75.2 Å². The van der Waals surface area contributed by atoms with E-state index in [1.807, 2.05) is 13.8 Å². The first-order chi connectivity index (χ1) is 33.6. The summed E-state index contributed by atoms with van der Waals surface area (Å²) in [5.41, 5.74) is 0. The number of rotatable bonds is 25. The predicted octanol–water partition coefficient (Wildman–Crippen LogP) is 10.2. The van der Waals surface area contributed by atoms with Gasteiger partial charge in [0.1, 0.15) is 6.61 Å². The Labute approximate surface area is 442 Å². The van der Waals surface area contributed by atoms with Crippen LogP contribution in [0.15, 0.2) is 0 Å². The molecule has 0 radical (unpaired) electrons. The van der Waals surface area contributed by atoms with Crippen molar-refractivity contribution in [3.8, 4) is 0 Å². The van der Waals surface area contributed by atoms with Gasteiger partial charge < -0.3 is 78.7 Å². The molecule has 6 saturated heterocycles. The molecule has 6 fully saturated rings. The lowest BCUT2D eigenvalue weighted by atomic mass is 10.4. The average Bonchev–Trinajstić information content (AvgIpc) is 4.17. The Morgan fingerprint density at radius 3 is 1.15 bits per heavy atom. The Hall–Kier alpha value is -0.679. The molecule has 0 amide bonds. The molecule has 0 aromatic rings. The number of hydrogen-bond acceptors (Lipinski definition) is 19. The molecule has 6 heterocycles. The van der Waals surface area contributed by atoms with E-state index in [0.29, 0.717) is 19.8 Å². The Bertz CT molecular complexity index is 1300. The van der Waals surface area contributed by atoms with Crippen LogP contribution in [0, 0.1) is 0 Å². The average molecular weight is 1140 g/mol. The summed E-state index contributed by atoms with van der Waals surface area (Å²) in [5, 5.41) is 0. The van der Waals surface area contributed by atoms with Crippen molar-refractivity contribution < 1.29 is 88.3 Å².